The molecular formula is C111H105N3O18S6. The van der Waals surface area contributed by atoms with Crippen LogP contribution in [-0.2, 0) is 118 Å². The van der Waals surface area contributed by atoms with Crippen LogP contribution >= 0.6 is 0 Å². The first kappa shape index (κ1) is 98.6. The van der Waals surface area contributed by atoms with Gasteiger partial charge in [-0.1, -0.05) is 291 Å². The molecule has 708 valence electrons. The Morgan fingerprint density at radius 3 is 0.594 bits per heavy atom. The van der Waals surface area contributed by atoms with E-state index in [1.165, 1.54) is 18.2 Å². The predicted molar refractivity (Wildman–Crippen MR) is 540 cm³/mol. The minimum atomic E-state index is -4.56. The van der Waals surface area contributed by atoms with Crippen molar-refractivity contribution in [3.8, 4) is 67.5 Å². The van der Waals surface area contributed by atoms with Crippen molar-refractivity contribution in [2.24, 2.45) is 0 Å². The Morgan fingerprint density at radius 2 is 0.391 bits per heavy atom. The van der Waals surface area contributed by atoms with Crippen molar-refractivity contribution in [1.29, 1.82) is 0 Å². The minimum absolute atomic E-state index is 0.190. The third-order valence-corrected chi connectivity index (χ3v) is 33.1. The van der Waals surface area contributed by atoms with E-state index >= 15 is 0 Å². The molecule has 0 saturated carbocycles. The predicted octanol–water partition coefficient (Wildman–Crippen LogP) is 22.7. The van der Waals surface area contributed by atoms with Crippen LogP contribution in [0.4, 0.5) is 0 Å². The smallest absolute Gasteiger partial charge is 0.285 e. The lowest BCUT2D eigenvalue weighted by Gasteiger charge is -2.35. The van der Waals surface area contributed by atoms with Crippen LogP contribution < -0.4 is 0 Å². The van der Waals surface area contributed by atoms with Gasteiger partial charge in [0.2, 0.25) is 0 Å². The quantitative estimate of drug-likeness (QED) is 0.0519. The van der Waals surface area contributed by atoms with Gasteiger partial charge in [-0.15, -0.1) is 0 Å². The molecule has 0 aliphatic heterocycles. The van der Waals surface area contributed by atoms with Crippen LogP contribution in [-0.4, -0.2) is 109 Å². The topological polar surface area (TPSA) is 365 Å². The molecule has 3 aromatic heterocycles. The molecule has 0 radical (unpaired) electrons. The summed E-state index contributed by atoms with van der Waals surface area (Å²) in [5, 5.41) is -3.47. The van der Waals surface area contributed by atoms with Crippen molar-refractivity contribution in [2.45, 2.75) is 164 Å². The number of fused-ring (bicyclic) bond motifs is 6. The van der Waals surface area contributed by atoms with Crippen molar-refractivity contribution in [2.75, 3.05) is 0 Å². The van der Waals surface area contributed by atoms with E-state index in [-0.39, 0.29) is 33.9 Å². The maximum Gasteiger partial charge on any atom is 0.294 e. The summed E-state index contributed by atoms with van der Waals surface area (Å²) in [4.78, 5) is 13.4. The summed E-state index contributed by atoms with van der Waals surface area (Å²) < 4.78 is 206. The lowest BCUT2D eigenvalue weighted by atomic mass is 9.74. The molecule has 0 saturated heterocycles. The monoisotopic (exact) mass is 1960 g/mol. The molecule has 21 nitrogen and oxygen atoms in total. The highest BCUT2D eigenvalue weighted by molar-refractivity contribution is 7.87. The zero-order chi connectivity index (χ0) is 96.9. The molecule has 27 heteroatoms. The Labute approximate surface area is 807 Å². The molecule has 0 fully saturated rings. The molecule has 12 aromatic carbocycles. The number of rotatable bonds is 15. The third-order valence-electron chi connectivity index (χ3n) is 26.6. The van der Waals surface area contributed by atoms with Gasteiger partial charge in [0.05, 0.1) is 64.6 Å². The normalized spacial score (nSPS) is 17.6. The van der Waals surface area contributed by atoms with E-state index < -0.39 is 94.2 Å². The number of benzene rings is 12. The largest absolute Gasteiger partial charge is 0.294 e. The van der Waals surface area contributed by atoms with E-state index in [0.717, 1.165) is 175 Å². The molecule has 6 aliphatic rings. The average molecular weight is 1960 g/mol. The maximum absolute atomic E-state index is 12.3. The molecule has 0 amide bonds. The zero-order valence-electron chi connectivity index (χ0n) is 75.5. The minimum Gasteiger partial charge on any atom is -0.285 e. The molecule has 0 spiro atoms. The lowest BCUT2D eigenvalue weighted by molar-refractivity contribution is 0.441. The third kappa shape index (κ3) is 23.4. The van der Waals surface area contributed by atoms with Gasteiger partial charge in [0.1, 0.15) is 0 Å². The van der Waals surface area contributed by atoms with Crippen molar-refractivity contribution < 1.29 is 77.8 Å². The van der Waals surface area contributed by atoms with Crippen molar-refractivity contribution in [3.05, 3.63) is 429 Å². The van der Waals surface area contributed by atoms with Gasteiger partial charge in [0.15, 0.2) is 0 Å². The molecule has 6 N–H and O–H groups in total. The first-order valence-corrected chi connectivity index (χ1v) is 54.9. The molecule has 6 atom stereocenters. The Kier molecular flexibility index (Phi) is 30.9. The second kappa shape index (κ2) is 43.3. The summed E-state index contributed by atoms with van der Waals surface area (Å²) in [6.07, 6.45) is 11.7. The van der Waals surface area contributed by atoms with E-state index in [4.69, 9.17) is 15.0 Å². The van der Waals surface area contributed by atoms with Crippen LogP contribution in [0, 0.1) is 0 Å². The Morgan fingerprint density at radius 1 is 0.196 bits per heavy atom. The van der Waals surface area contributed by atoms with Crippen LogP contribution in [0.1, 0.15) is 159 Å². The first-order valence-electron chi connectivity index (χ1n) is 46.1. The van der Waals surface area contributed by atoms with Crippen molar-refractivity contribution in [3.63, 3.8) is 0 Å². The van der Waals surface area contributed by atoms with E-state index in [0.29, 0.717) is 71.9 Å². The fourth-order valence-electron chi connectivity index (χ4n) is 20.3. The number of pyridine rings is 3. The summed E-state index contributed by atoms with van der Waals surface area (Å²) in [5.41, 5.74) is 24.1. The Hall–Kier alpha value is -12.5. The molecule has 15 aromatic rings. The molecule has 21 rings (SSSR count). The van der Waals surface area contributed by atoms with Gasteiger partial charge < -0.3 is 0 Å². The van der Waals surface area contributed by atoms with E-state index in [1.807, 2.05) is 182 Å². The van der Waals surface area contributed by atoms with Gasteiger partial charge in [-0.25, -0.2) is 15.0 Å². The second-order valence-corrected chi connectivity index (χ2v) is 44.2. The summed E-state index contributed by atoms with van der Waals surface area (Å²) in [6.45, 7) is 0. The highest BCUT2D eigenvalue weighted by atomic mass is 32.2. The van der Waals surface area contributed by atoms with Crippen LogP contribution in [0.25, 0.3) is 67.5 Å². The van der Waals surface area contributed by atoms with Crippen molar-refractivity contribution in [1.82, 2.24) is 15.0 Å². The Balaban J connectivity index is 0.000000121. The highest BCUT2D eigenvalue weighted by Crippen LogP contribution is 2.50. The fourth-order valence-corrected chi connectivity index (χ4v) is 25.7. The number of hydrogen-bond donors (Lipinski definition) is 6. The van der Waals surface area contributed by atoms with E-state index in [2.05, 4.69) is 91.0 Å². The van der Waals surface area contributed by atoms with Crippen LogP contribution in [0.5, 0.6) is 0 Å². The van der Waals surface area contributed by atoms with E-state index in [1.54, 1.807) is 54.6 Å². The Bertz CT molecular complexity index is 6750. The first-order chi connectivity index (χ1) is 66.3. The van der Waals surface area contributed by atoms with Crippen LogP contribution in [0.2, 0.25) is 0 Å². The van der Waals surface area contributed by atoms with Gasteiger partial charge in [-0.05, 0) is 254 Å². The molecule has 0 unspecified atom stereocenters. The summed E-state index contributed by atoms with van der Waals surface area (Å²) >= 11 is 0. The fraction of sp³-hybridized carbons (Fsp3) is 0.216. The zero-order valence-corrected chi connectivity index (χ0v) is 80.4. The average Bonchev–Trinajstić information content (AvgIpc) is 0.742. The number of aryl methyl sites for hydroxylation is 6. The number of hydrogen-bond acceptors (Lipinski definition) is 15. The molecular weight excluding hydrogens is 1860 g/mol. The van der Waals surface area contributed by atoms with Gasteiger partial charge in [0.25, 0.3) is 60.7 Å². The summed E-state index contributed by atoms with van der Waals surface area (Å²) in [5.74, 6) is -2.53. The second-order valence-electron chi connectivity index (χ2n) is 35.1. The molecule has 3 heterocycles. The van der Waals surface area contributed by atoms with E-state index in [9.17, 15) is 77.8 Å². The van der Waals surface area contributed by atoms with Crippen LogP contribution in [0.15, 0.2) is 360 Å². The number of nitrogens with zero attached hydrogens (tertiary/aromatic N) is 3. The van der Waals surface area contributed by atoms with Gasteiger partial charge in [0, 0.05) is 51.1 Å². The van der Waals surface area contributed by atoms with Crippen molar-refractivity contribution >= 4 is 60.7 Å². The molecule has 6 aliphatic carbocycles. The molecule has 0 bridgehead atoms. The van der Waals surface area contributed by atoms with Gasteiger partial charge >= 0.3 is 0 Å². The summed E-state index contributed by atoms with van der Waals surface area (Å²) in [6, 6.07) is 111. The number of aromatic nitrogens is 3. The van der Waals surface area contributed by atoms with Gasteiger partial charge in [-0.3, -0.25) is 27.3 Å². The van der Waals surface area contributed by atoms with Gasteiger partial charge in [-0.2, -0.15) is 50.5 Å². The summed E-state index contributed by atoms with van der Waals surface area (Å²) in [7, 11) is -27.0. The highest BCUT2D eigenvalue weighted by Gasteiger charge is 2.46. The SMILES string of the molecule is O=S(=O)(O)c1ccc2c(c1[C@H]1c3ccccc3CC[C@H]1S(=O)(=O)O)CCCC2.O=S(=O)(O)c1ccc2c(c1[C@H]1c3ccccc3CC[C@H]1S(=O)(=O)O)CCCC2.O=S(=O)(O)c1ccc2c(c1[C@H]1c3ccccc3CC[C@H]1S(=O)(=O)O)CCCC2.c1ccc(-c2cccc(-c3ccccc3)n2)cc1.c1ccc(-c2cccc(-c3ccccc3)n2)cc1.c1ccc(-c2cccc(-c3ccccc3)n2)cc1. The van der Waals surface area contributed by atoms with Crippen LogP contribution in [0.3, 0.4) is 0 Å². The molecule has 138 heavy (non-hydrogen) atoms. The maximum atomic E-state index is 12.3. The standard InChI is InChI=1S/3C20H22O6S2.3C17H13N/c3*21-27(22,23)17-11-9-13-5-1-3-7-15(13)19(17)20-16-8-4-2-6-14(16)10-12-18(20)28(24,25)26;3*1-3-8-14(9-4-1)16-12-7-13-17(18-16)15-10-5-2-6-11-15/h3*1,3,5,7,10,12,17,19H,2,4,6,8-9,11H2,(H,21,22,23)(H,24,25,26);3*1-13H/t3*17-,19+;;;/m111.../s1. The lowest BCUT2D eigenvalue weighted by Crippen LogP contribution is -2.35.